The van der Waals surface area contributed by atoms with Gasteiger partial charge >= 0.3 is 5.97 Å². The second kappa shape index (κ2) is 5.25. The average molecular weight is 251 g/mol. The Balaban J connectivity index is 1.96. The van der Waals surface area contributed by atoms with Gasteiger partial charge in [0.1, 0.15) is 5.76 Å². The first kappa shape index (κ1) is 12.7. The largest absolute Gasteiger partial charge is 0.469 e. The molecule has 0 spiro atoms. The number of methoxy groups -OCH3 is 1. The highest BCUT2D eigenvalue weighted by Gasteiger charge is 2.29. The third-order valence-electron chi connectivity index (χ3n) is 3.41. The van der Waals surface area contributed by atoms with Crippen molar-refractivity contribution in [1.82, 2.24) is 4.90 Å². The Morgan fingerprint density at radius 3 is 2.56 bits per heavy atom. The summed E-state index contributed by atoms with van der Waals surface area (Å²) in [5.74, 6) is 0.353. The molecule has 0 aromatic carbocycles. The molecule has 5 heteroatoms. The number of furan rings is 1. The van der Waals surface area contributed by atoms with Crippen molar-refractivity contribution in [2.24, 2.45) is 5.92 Å². The molecule has 0 bridgehead atoms. The Morgan fingerprint density at radius 2 is 2.06 bits per heavy atom. The maximum atomic E-state index is 12.2. The van der Waals surface area contributed by atoms with Gasteiger partial charge in [0.25, 0.3) is 5.91 Å². The van der Waals surface area contributed by atoms with Crippen LogP contribution >= 0.6 is 0 Å². The number of nitrogens with zero attached hydrogens (tertiary/aromatic N) is 1. The first-order valence-corrected chi connectivity index (χ1v) is 6.04. The van der Waals surface area contributed by atoms with Gasteiger partial charge in [-0.3, -0.25) is 9.59 Å². The van der Waals surface area contributed by atoms with E-state index in [4.69, 9.17) is 9.15 Å². The maximum absolute atomic E-state index is 12.2. The molecule has 1 aliphatic heterocycles. The topological polar surface area (TPSA) is 59.8 Å². The predicted octanol–water partition coefficient (Wildman–Crippen LogP) is 1.61. The Morgan fingerprint density at radius 1 is 1.39 bits per heavy atom. The molecule has 0 aliphatic carbocycles. The van der Waals surface area contributed by atoms with E-state index < -0.39 is 0 Å². The van der Waals surface area contributed by atoms with Crippen molar-refractivity contribution in [3.05, 3.63) is 23.7 Å². The number of rotatable bonds is 2. The van der Waals surface area contributed by atoms with E-state index in [2.05, 4.69) is 0 Å². The van der Waals surface area contributed by atoms with Crippen LogP contribution in [-0.2, 0) is 9.53 Å². The highest BCUT2D eigenvalue weighted by Crippen LogP contribution is 2.21. The van der Waals surface area contributed by atoms with Gasteiger partial charge in [-0.25, -0.2) is 0 Å². The second-order valence-electron chi connectivity index (χ2n) is 4.48. The molecule has 0 atom stereocenters. The van der Waals surface area contributed by atoms with E-state index in [-0.39, 0.29) is 17.8 Å². The minimum absolute atomic E-state index is 0.0236. The van der Waals surface area contributed by atoms with Gasteiger partial charge in [0, 0.05) is 13.1 Å². The van der Waals surface area contributed by atoms with Crippen LogP contribution < -0.4 is 0 Å². The molecule has 0 radical (unpaired) electrons. The molecular weight excluding hydrogens is 234 g/mol. The van der Waals surface area contributed by atoms with Crippen LogP contribution in [0.15, 0.2) is 16.7 Å². The zero-order chi connectivity index (χ0) is 13.1. The van der Waals surface area contributed by atoms with Gasteiger partial charge in [-0.05, 0) is 25.8 Å². The van der Waals surface area contributed by atoms with Crippen molar-refractivity contribution in [3.8, 4) is 0 Å². The molecule has 98 valence electrons. The number of carbonyl (C=O) groups is 2. The summed E-state index contributed by atoms with van der Waals surface area (Å²) in [6.07, 6.45) is 2.84. The first-order valence-electron chi connectivity index (χ1n) is 6.04. The third-order valence-corrected chi connectivity index (χ3v) is 3.41. The zero-order valence-corrected chi connectivity index (χ0v) is 10.6. The molecule has 2 rings (SSSR count). The van der Waals surface area contributed by atoms with Crippen molar-refractivity contribution in [3.63, 3.8) is 0 Å². The fourth-order valence-electron chi connectivity index (χ4n) is 2.26. The SMILES string of the molecule is COC(=O)C1CCN(C(=O)c2ccoc2C)CC1. The molecule has 0 unspecified atom stereocenters. The standard InChI is InChI=1S/C13H17NO4/c1-9-11(5-8-18-9)12(15)14-6-3-10(4-7-14)13(16)17-2/h5,8,10H,3-4,6-7H2,1-2H3. The number of carbonyl (C=O) groups excluding carboxylic acids is 2. The first-order chi connectivity index (χ1) is 8.63. The van der Waals surface area contributed by atoms with Crippen LogP contribution in [0.2, 0.25) is 0 Å². The van der Waals surface area contributed by atoms with E-state index in [1.807, 2.05) is 0 Å². The molecule has 0 N–H and O–H groups in total. The fourth-order valence-corrected chi connectivity index (χ4v) is 2.26. The maximum Gasteiger partial charge on any atom is 0.308 e. The van der Waals surface area contributed by atoms with Crippen LogP contribution in [0.25, 0.3) is 0 Å². The van der Waals surface area contributed by atoms with E-state index in [9.17, 15) is 9.59 Å². The minimum Gasteiger partial charge on any atom is -0.469 e. The quantitative estimate of drug-likeness (QED) is 0.749. The predicted molar refractivity (Wildman–Crippen MR) is 64.1 cm³/mol. The fraction of sp³-hybridized carbons (Fsp3) is 0.538. The van der Waals surface area contributed by atoms with Crippen LogP contribution in [0.1, 0.15) is 29.0 Å². The lowest BCUT2D eigenvalue weighted by molar-refractivity contribution is -0.146. The van der Waals surface area contributed by atoms with Gasteiger partial charge in [-0.2, -0.15) is 0 Å². The summed E-state index contributed by atoms with van der Waals surface area (Å²) in [5.41, 5.74) is 0.603. The smallest absolute Gasteiger partial charge is 0.308 e. The zero-order valence-electron chi connectivity index (χ0n) is 10.6. The Kier molecular flexibility index (Phi) is 3.69. The van der Waals surface area contributed by atoms with E-state index in [0.717, 1.165) is 0 Å². The van der Waals surface area contributed by atoms with Crippen LogP contribution in [0.4, 0.5) is 0 Å². The van der Waals surface area contributed by atoms with Gasteiger partial charge in [0.05, 0.1) is 24.9 Å². The number of esters is 1. The van der Waals surface area contributed by atoms with Crippen molar-refractivity contribution in [2.75, 3.05) is 20.2 Å². The van der Waals surface area contributed by atoms with Crippen molar-refractivity contribution in [1.29, 1.82) is 0 Å². The van der Waals surface area contributed by atoms with Crippen LogP contribution in [0.5, 0.6) is 0 Å². The lowest BCUT2D eigenvalue weighted by atomic mass is 9.96. The lowest BCUT2D eigenvalue weighted by Gasteiger charge is -2.30. The molecule has 1 fully saturated rings. The average Bonchev–Trinajstić information content (AvgIpc) is 2.83. The molecule has 2 heterocycles. The Hall–Kier alpha value is -1.78. The molecular formula is C13H17NO4. The van der Waals surface area contributed by atoms with Gasteiger partial charge < -0.3 is 14.1 Å². The van der Waals surface area contributed by atoms with Gasteiger partial charge in [0.15, 0.2) is 0 Å². The summed E-state index contributed by atoms with van der Waals surface area (Å²) in [6, 6.07) is 1.68. The van der Waals surface area contributed by atoms with Gasteiger partial charge in [-0.15, -0.1) is 0 Å². The van der Waals surface area contributed by atoms with E-state index in [1.54, 1.807) is 17.9 Å². The summed E-state index contributed by atoms with van der Waals surface area (Å²) >= 11 is 0. The minimum atomic E-state index is -0.179. The summed E-state index contributed by atoms with van der Waals surface area (Å²) in [6.45, 7) is 2.95. The summed E-state index contributed by atoms with van der Waals surface area (Å²) in [7, 11) is 1.40. The highest BCUT2D eigenvalue weighted by atomic mass is 16.5. The van der Waals surface area contributed by atoms with Crippen LogP contribution in [0.3, 0.4) is 0 Å². The number of piperidine rings is 1. The van der Waals surface area contributed by atoms with Crippen molar-refractivity contribution in [2.45, 2.75) is 19.8 Å². The normalized spacial score (nSPS) is 16.7. The molecule has 1 aliphatic rings. The molecule has 5 nitrogen and oxygen atoms in total. The van der Waals surface area contributed by atoms with Crippen molar-refractivity contribution >= 4 is 11.9 Å². The number of hydrogen-bond donors (Lipinski definition) is 0. The van der Waals surface area contributed by atoms with Crippen LogP contribution in [0, 0.1) is 12.8 Å². The monoisotopic (exact) mass is 251 g/mol. The molecule has 1 saturated heterocycles. The van der Waals surface area contributed by atoms with E-state index in [1.165, 1.54) is 13.4 Å². The Bertz CT molecular complexity index is 444. The number of aryl methyl sites for hydroxylation is 1. The number of amides is 1. The van der Waals surface area contributed by atoms with Crippen molar-refractivity contribution < 1.29 is 18.7 Å². The molecule has 1 amide bonds. The number of likely N-dealkylation sites (tertiary alicyclic amines) is 1. The summed E-state index contributed by atoms with van der Waals surface area (Å²) < 4.78 is 9.85. The number of ether oxygens (including phenoxy) is 1. The van der Waals surface area contributed by atoms with E-state index in [0.29, 0.717) is 37.3 Å². The lowest BCUT2D eigenvalue weighted by Crippen LogP contribution is -2.40. The third kappa shape index (κ3) is 2.39. The molecule has 0 saturated carbocycles. The summed E-state index contributed by atoms with van der Waals surface area (Å²) in [5, 5.41) is 0. The number of hydrogen-bond acceptors (Lipinski definition) is 4. The summed E-state index contributed by atoms with van der Waals surface area (Å²) in [4.78, 5) is 25.3. The van der Waals surface area contributed by atoms with Gasteiger partial charge in [0.2, 0.25) is 0 Å². The highest BCUT2D eigenvalue weighted by molar-refractivity contribution is 5.95. The Labute approximate surface area is 106 Å². The van der Waals surface area contributed by atoms with Gasteiger partial charge in [-0.1, -0.05) is 0 Å². The second-order valence-corrected chi connectivity index (χ2v) is 4.48. The molecule has 1 aromatic rings. The van der Waals surface area contributed by atoms with E-state index >= 15 is 0 Å². The molecule has 18 heavy (non-hydrogen) atoms. The molecule has 1 aromatic heterocycles. The van der Waals surface area contributed by atoms with Crippen LogP contribution in [-0.4, -0.2) is 37.0 Å².